The van der Waals surface area contributed by atoms with Crippen molar-refractivity contribution in [2.45, 2.75) is 44.7 Å². The van der Waals surface area contributed by atoms with Crippen LogP contribution in [0, 0.1) is 0 Å². The number of oxazole rings is 1. The Hall–Kier alpha value is -2.34. The van der Waals surface area contributed by atoms with Crippen LogP contribution in [0.25, 0.3) is 0 Å². The van der Waals surface area contributed by atoms with Gasteiger partial charge in [-0.3, -0.25) is 4.79 Å². The Labute approximate surface area is 157 Å². The molecule has 1 saturated carbocycles. The van der Waals surface area contributed by atoms with Crippen LogP contribution in [0.4, 0.5) is 0 Å². The lowest BCUT2D eigenvalue weighted by Gasteiger charge is -2.33. The minimum Gasteiger partial charge on any atom is -0.464 e. The summed E-state index contributed by atoms with van der Waals surface area (Å²) in [6.45, 7) is 0.186. The summed E-state index contributed by atoms with van der Waals surface area (Å²) >= 11 is 6.22. The van der Waals surface area contributed by atoms with Gasteiger partial charge in [-0.1, -0.05) is 43.0 Å². The molecular weight excluding hydrogens is 356 g/mol. The number of hydrogen-bond acceptors (Lipinski definition) is 5. The van der Waals surface area contributed by atoms with Gasteiger partial charge in [0.25, 0.3) is 5.91 Å². The standard InChI is InChI=1S/C19H21ClN2O4/c1-25-19(24)16-12-26-17(21-16)11-22(13-7-3-2-4-8-13)18(23)14-9-5-6-10-15(14)20/h5-6,9-10,12-13H,2-4,7-8,11H2,1H3. The highest BCUT2D eigenvalue weighted by atomic mass is 35.5. The summed E-state index contributed by atoms with van der Waals surface area (Å²) < 4.78 is 10.0. The summed E-state index contributed by atoms with van der Waals surface area (Å²) in [5, 5.41) is 0.418. The molecule has 0 aliphatic heterocycles. The van der Waals surface area contributed by atoms with Crippen LogP contribution in [0.15, 0.2) is 34.9 Å². The number of esters is 1. The smallest absolute Gasteiger partial charge is 0.360 e. The second-order valence-electron chi connectivity index (χ2n) is 6.32. The van der Waals surface area contributed by atoms with E-state index in [0.717, 1.165) is 25.7 Å². The third kappa shape index (κ3) is 4.07. The highest BCUT2D eigenvalue weighted by Gasteiger charge is 2.29. The number of ether oxygens (including phenoxy) is 1. The maximum atomic E-state index is 13.1. The molecule has 138 valence electrons. The van der Waals surface area contributed by atoms with Gasteiger partial charge in [-0.25, -0.2) is 9.78 Å². The number of carbonyl (C=O) groups excluding carboxylic acids is 2. The largest absolute Gasteiger partial charge is 0.464 e. The predicted octanol–water partition coefficient (Wildman–Crippen LogP) is 4.09. The third-order valence-corrected chi connectivity index (χ3v) is 4.96. The first-order chi connectivity index (χ1) is 12.6. The van der Waals surface area contributed by atoms with Gasteiger partial charge in [-0.15, -0.1) is 0 Å². The fraction of sp³-hybridized carbons (Fsp3) is 0.421. The molecule has 0 N–H and O–H groups in total. The number of nitrogens with zero attached hydrogens (tertiary/aromatic N) is 2. The molecule has 0 unspecified atom stereocenters. The molecule has 1 fully saturated rings. The Balaban J connectivity index is 1.86. The molecule has 1 aromatic carbocycles. The lowest BCUT2D eigenvalue weighted by molar-refractivity contribution is 0.0590. The van der Waals surface area contributed by atoms with Crippen molar-refractivity contribution < 1.29 is 18.7 Å². The van der Waals surface area contributed by atoms with E-state index < -0.39 is 5.97 Å². The highest BCUT2D eigenvalue weighted by molar-refractivity contribution is 6.33. The molecule has 26 heavy (non-hydrogen) atoms. The second kappa shape index (κ2) is 8.36. The van der Waals surface area contributed by atoms with E-state index in [4.69, 9.17) is 16.0 Å². The number of benzene rings is 1. The Bertz CT molecular complexity index is 783. The molecule has 2 aromatic rings. The number of hydrogen-bond donors (Lipinski definition) is 0. The Morgan fingerprint density at radius 3 is 2.69 bits per heavy atom. The first-order valence-corrected chi connectivity index (χ1v) is 9.06. The van der Waals surface area contributed by atoms with Crippen molar-refractivity contribution in [1.82, 2.24) is 9.88 Å². The van der Waals surface area contributed by atoms with Gasteiger partial charge in [-0.05, 0) is 25.0 Å². The molecule has 0 bridgehead atoms. The van der Waals surface area contributed by atoms with Crippen molar-refractivity contribution in [1.29, 1.82) is 0 Å². The van der Waals surface area contributed by atoms with Crippen LogP contribution in [-0.2, 0) is 11.3 Å². The highest BCUT2D eigenvalue weighted by Crippen LogP contribution is 2.27. The fourth-order valence-electron chi connectivity index (χ4n) is 3.28. The number of carbonyl (C=O) groups is 2. The molecule has 3 rings (SSSR count). The lowest BCUT2D eigenvalue weighted by atomic mass is 9.93. The summed E-state index contributed by atoms with van der Waals surface area (Å²) in [5.41, 5.74) is 0.552. The van der Waals surface area contributed by atoms with Crippen LogP contribution in [0.1, 0.15) is 58.8 Å². The van der Waals surface area contributed by atoms with E-state index in [9.17, 15) is 9.59 Å². The Morgan fingerprint density at radius 1 is 1.27 bits per heavy atom. The summed E-state index contributed by atoms with van der Waals surface area (Å²) in [6.07, 6.45) is 6.45. The van der Waals surface area contributed by atoms with Gasteiger partial charge >= 0.3 is 5.97 Å². The molecule has 6 nitrogen and oxygen atoms in total. The number of methoxy groups -OCH3 is 1. The number of aromatic nitrogens is 1. The van der Waals surface area contributed by atoms with Crippen LogP contribution in [0.2, 0.25) is 5.02 Å². The molecule has 0 radical (unpaired) electrons. The first kappa shape index (κ1) is 18.5. The van der Waals surface area contributed by atoms with Crippen molar-refractivity contribution in [3.63, 3.8) is 0 Å². The van der Waals surface area contributed by atoms with Crippen LogP contribution in [-0.4, -0.2) is 34.9 Å². The maximum Gasteiger partial charge on any atom is 0.360 e. The van der Waals surface area contributed by atoms with E-state index >= 15 is 0 Å². The Kier molecular flexibility index (Phi) is 5.93. The van der Waals surface area contributed by atoms with Crippen molar-refractivity contribution in [2.75, 3.05) is 7.11 Å². The van der Waals surface area contributed by atoms with Crippen molar-refractivity contribution in [3.8, 4) is 0 Å². The molecule has 0 spiro atoms. The molecule has 0 atom stereocenters. The van der Waals surface area contributed by atoms with Gasteiger partial charge < -0.3 is 14.1 Å². The average molecular weight is 377 g/mol. The van der Waals surface area contributed by atoms with Gasteiger partial charge in [0.15, 0.2) is 5.69 Å². The van der Waals surface area contributed by atoms with Crippen LogP contribution in [0.5, 0.6) is 0 Å². The van der Waals surface area contributed by atoms with Crippen LogP contribution in [0.3, 0.4) is 0 Å². The summed E-state index contributed by atoms with van der Waals surface area (Å²) in [6, 6.07) is 7.10. The van der Waals surface area contributed by atoms with Crippen molar-refractivity contribution >= 4 is 23.5 Å². The second-order valence-corrected chi connectivity index (χ2v) is 6.73. The van der Waals surface area contributed by atoms with Gasteiger partial charge in [0.2, 0.25) is 5.89 Å². The molecule has 0 saturated heterocycles. The van der Waals surface area contributed by atoms with E-state index in [2.05, 4.69) is 9.72 Å². The Morgan fingerprint density at radius 2 is 2.00 bits per heavy atom. The first-order valence-electron chi connectivity index (χ1n) is 8.68. The quantitative estimate of drug-likeness (QED) is 0.735. The van der Waals surface area contributed by atoms with Gasteiger partial charge in [-0.2, -0.15) is 0 Å². The van der Waals surface area contributed by atoms with E-state index in [1.54, 1.807) is 29.2 Å². The maximum absolute atomic E-state index is 13.1. The summed E-state index contributed by atoms with van der Waals surface area (Å²) in [5.74, 6) is -0.418. The minimum atomic E-state index is -0.568. The minimum absolute atomic E-state index is 0.0938. The van der Waals surface area contributed by atoms with E-state index in [1.165, 1.54) is 19.8 Å². The molecule has 1 amide bonds. The number of halogens is 1. The van der Waals surface area contributed by atoms with Crippen LogP contribution < -0.4 is 0 Å². The summed E-state index contributed by atoms with van der Waals surface area (Å²) in [4.78, 5) is 30.6. The molecule has 1 aliphatic rings. The zero-order valence-electron chi connectivity index (χ0n) is 14.6. The fourth-order valence-corrected chi connectivity index (χ4v) is 3.49. The molecule has 1 heterocycles. The molecular formula is C19H21ClN2O4. The topological polar surface area (TPSA) is 72.6 Å². The average Bonchev–Trinajstić information content (AvgIpc) is 3.15. The summed E-state index contributed by atoms with van der Waals surface area (Å²) in [7, 11) is 1.28. The molecule has 7 heteroatoms. The number of rotatable bonds is 5. The lowest BCUT2D eigenvalue weighted by Crippen LogP contribution is -2.41. The van der Waals surface area contributed by atoms with E-state index in [1.807, 2.05) is 0 Å². The van der Waals surface area contributed by atoms with E-state index in [-0.39, 0.29) is 24.2 Å². The van der Waals surface area contributed by atoms with Gasteiger partial charge in [0.05, 0.1) is 24.2 Å². The zero-order chi connectivity index (χ0) is 18.5. The molecule has 1 aliphatic carbocycles. The van der Waals surface area contributed by atoms with Crippen LogP contribution >= 0.6 is 11.6 Å². The monoisotopic (exact) mass is 376 g/mol. The van der Waals surface area contributed by atoms with Gasteiger partial charge in [0, 0.05) is 6.04 Å². The predicted molar refractivity (Wildman–Crippen MR) is 96.0 cm³/mol. The normalized spacial score (nSPS) is 14.8. The van der Waals surface area contributed by atoms with Gasteiger partial charge in [0.1, 0.15) is 6.26 Å². The zero-order valence-corrected chi connectivity index (χ0v) is 15.4. The van der Waals surface area contributed by atoms with E-state index in [0.29, 0.717) is 16.5 Å². The van der Waals surface area contributed by atoms with Crippen molar-refractivity contribution in [2.24, 2.45) is 0 Å². The SMILES string of the molecule is COC(=O)c1coc(CN(C(=O)c2ccccc2Cl)C2CCCCC2)n1. The third-order valence-electron chi connectivity index (χ3n) is 4.63. The number of amides is 1. The molecule has 1 aromatic heterocycles. The van der Waals surface area contributed by atoms with Crippen molar-refractivity contribution in [3.05, 3.63) is 52.7 Å².